The number of hydrogen-bond acceptors (Lipinski definition) is 1. The molecule has 2 aromatic carbocycles. The topological polar surface area (TPSA) is 12.0 Å². The van der Waals surface area contributed by atoms with Gasteiger partial charge in [-0.05, 0) is 58.2 Å². The van der Waals surface area contributed by atoms with Crippen LogP contribution in [0.3, 0.4) is 0 Å². The molecule has 0 aliphatic carbocycles. The maximum atomic E-state index is 13.6. The van der Waals surface area contributed by atoms with E-state index in [0.29, 0.717) is 10.9 Å². The highest BCUT2D eigenvalue weighted by atomic mass is 79.9. The number of hydrogen-bond donors (Lipinski definition) is 1. The van der Waals surface area contributed by atoms with Gasteiger partial charge < -0.3 is 5.32 Å². The summed E-state index contributed by atoms with van der Waals surface area (Å²) in [6.07, 6.45) is 0.605. The molecule has 20 heavy (non-hydrogen) atoms. The monoisotopic (exact) mass is 339 g/mol. The van der Waals surface area contributed by atoms with E-state index < -0.39 is 0 Å². The molecular weight excluding hydrogens is 324 g/mol. The van der Waals surface area contributed by atoms with Crippen LogP contribution >= 0.6 is 15.9 Å². The molecule has 0 spiro atoms. The molecule has 1 atom stereocenters. The summed E-state index contributed by atoms with van der Waals surface area (Å²) in [6.45, 7) is 2.74. The zero-order chi connectivity index (χ0) is 14.5. The first kappa shape index (κ1) is 15.1. The Labute approximate surface area is 126 Å². The maximum Gasteiger partial charge on any atom is 0.137 e. The van der Waals surface area contributed by atoms with E-state index in [1.807, 2.05) is 19.1 Å². The number of halogens is 3. The van der Waals surface area contributed by atoms with Crippen molar-refractivity contribution >= 4 is 15.9 Å². The molecule has 4 heteroatoms. The van der Waals surface area contributed by atoms with Crippen molar-refractivity contribution in [3.05, 3.63) is 69.7 Å². The first-order valence-corrected chi connectivity index (χ1v) is 7.33. The molecule has 0 heterocycles. The summed E-state index contributed by atoms with van der Waals surface area (Å²) in [5.41, 5.74) is 1.73. The Kier molecular flexibility index (Phi) is 5.26. The van der Waals surface area contributed by atoms with Gasteiger partial charge >= 0.3 is 0 Å². The van der Waals surface area contributed by atoms with E-state index in [0.717, 1.165) is 17.7 Å². The molecule has 0 aliphatic heterocycles. The smallest absolute Gasteiger partial charge is 0.137 e. The standard InChI is InChI=1S/C16H16BrF2N/c1-2-20-15(10-11-5-3-6-12(18)9-11)13-7-4-8-14(19)16(13)17/h3-9,15,20H,2,10H2,1H3. The van der Waals surface area contributed by atoms with E-state index in [-0.39, 0.29) is 17.7 Å². The lowest BCUT2D eigenvalue weighted by Crippen LogP contribution is -2.23. The largest absolute Gasteiger partial charge is 0.310 e. The van der Waals surface area contributed by atoms with Gasteiger partial charge in [-0.2, -0.15) is 0 Å². The highest BCUT2D eigenvalue weighted by molar-refractivity contribution is 9.10. The molecule has 0 aliphatic rings. The van der Waals surface area contributed by atoms with Gasteiger partial charge in [-0.15, -0.1) is 0 Å². The highest BCUT2D eigenvalue weighted by Crippen LogP contribution is 2.28. The number of nitrogens with one attached hydrogen (secondary N) is 1. The minimum absolute atomic E-state index is 0.0631. The van der Waals surface area contributed by atoms with Crippen LogP contribution in [-0.2, 0) is 6.42 Å². The molecule has 0 fully saturated rings. The average molecular weight is 340 g/mol. The van der Waals surface area contributed by atoms with Crippen molar-refractivity contribution < 1.29 is 8.78 Å². The molecule has 1 nitrogen and oxygen atoms in total. The number of benzene rings is 2. The summed E-state index contributed by atoms with van der Waals surface area (Å²) in [5, 5.41) is 3.32. The van der Waals surface area contributed by atoms with Crippen LogP contribution in [0.1, 0.15) is 24.1 Å². The van der Waals surface area contributed by atoms with Crippen LogP contribution < -0.4 is 5.32 Å². The van der Waals surface area contributed by atoms with Crippen LogP contribution in [0.2, 0.25) is 0 Å². The third-order valence-electron chi connectivity index (χ3n) is 3.14. The van der Waals surface area contributed by atoms with Gasteiger partial charge in [0, 0.05) is 6.04 Å². The Morgan fingerprint density at radius 2 is 1.90 bits per heavy atom. The highest BCUT2D eigenvalue weighted by Gasteiger charge is 2.16. The van der Waals surface area contributed by atoms with Crippen LogP contribution in [0.5, 0.6) is 0 Å². The quantitative estimate of drug-likeness (QED) is 0.837. The van der Waals surface area contributed by atoms with Crippen LogP contribution in [0.15, 0.2) is 46.9 Å². The normalized spacial score (nSPS) is 12.4. The molecule has 0 bridgehead atoms. The summed E-state index contributed by atoms with van der Waals surface area (Å²) < 4.78 is 27.4. The molecule has 1 unspecified atom stereocenters. The molecule has 106 valence electrons. The second-order valence-electron chi connectivity index (χ2n) is 4.59. The molecule has 0 saturated heterocycles. The first-order chi connectivity index (χ1) is 9.61. The molecule has 2 rings (SSSR count). The van der Waals surface area contributed by atoms with Crippen molar-refractivity contribution in [2.75, 3.05) is 6.54 Å². The Morgan fingerprint density at radius 1 is 1.15 bits per heavy atom. The lowest BCUT2D eigenvalue weighted by Gasteiger charge is -2.20. The Balaban J connectivity index is 2.29. The molecule has 1 N–H and O–H groups in total. The van der Waals surface area contributed by atoms with Gasteiger partial charge in [-0.1, -0.05) is 31.2 Å². The summed E-state index contributed by atoms with van der Waals surface area (Å²) in [5.74, 6) is -0.541. The Morgan fingerprint density at radius 3 is 2.60 bits per heavy atom. The SMILES string of the molecule is CCNC(Cc1cccc(F)c1)c1cccc(F)c1Br. The van der Waals surface area contributed by atoms with Crippen LogP contribution in [0.25, 0.3) is 0 Å². The van der Waals surface area contributed by atoms with Gasteiger partial charge in [-0.3, -0.25) is 0 Å². The van der Waals surface area contributed by atoms with Crippen molar-refractivity contribution in [2.45, 2.75) is 19.4 Å². The van der Waals surface area contributed by atoms with Crippen molar-refractivity contribution in [3.63, 3.8) is 0 Å². The third-order valence-corrected chi connectivity index (χ3v) is 3.97. The lowest BCUT2D eigenvalue weighted by molar-refractivity contribution is 0.536. The van der Waals surface area contributed by atoms with Gasteiger partial charge in [0.15, 0.2) is 0 Å². The van der Waals surface area contributed by atoms with Crippen molar-refractivity contribution in [2.24, 2.45) is 0 Å². The summed E-state index contributed by atoms with van der Waals surface area (Å²) in [7, 11) is 0. The fraction of sp³-hybridized carbons (Fsp3) is 0.250. The number of rotatable bonds is 5. The maximum absolute atomic E-state index is 13.6. The summed E-state index contributed by atoms with van der Waals surface area (Å²) in [6, 6.07) is 11.4. The predicted octanol–water partition coefficient (Wildman–Crippen LogP) is 4.62. The van der Waals surface area contributed by atoms with E-state index in [1.165, 1.54) is 18.2 Å². The zero-order valence-electron chi connectivity index (χ0n) is 11.2. The average Bonchev–Trinajstić information content (AvgIpc) is 2.42. The van der Waals surface area contributed by atoms with Gasteiger partial charge in [0.05, 0.1) is 4.47 Å². The van der Waals surface area contributed by atoms with Crippen LogP contribution in [-0.4, -0.2) is 6.54 Å². The Hall–Kier alpha value is -1.26. The molecule has 0 saturated carbocycles. The van der Waals surface area contributed by atoms with Gasteiger partial charge in [0.2, 0.25) is 0 Å². The second-order valence-corrected chi connectivity index (χ2v) is 5.38. The molecule has 0 amide bonds. The van der Waals surface area contributed by atoms with Crippen molar-refractivity contribution in [1.29, 1.82) is 0 Å². The number of likely N-dealkylation sites (N-methyl/N-ethyl adjacent to an activating group) is 1. The molecule has 0 radical (unpaired) electrons. The Bertz CT molecular complexity index is 586. The van der Waals surface area contributed by atoms with Crippen LogP contribution in [0, 0.1) is 11.6 Å². The molecule has 0 aromatic heterocycles. The van der Waals surface area contributed by atoms with E-state index in [1.54, 1.807) is 12.1 Å². The minimum atomic E-state index is -0.287. The van der Waals surface area contributed by atoms with Crippen LogP contribution in [0.4, 0.5) is 8.78 Å². The van der Waals surface area contributed by atoms with Crippen molar-refractivity contribution in [3.8, 4) is 0 Å². The van der Waals surface area contributed by atoms with Gasteiger partial charge in [0.1, 0.15) is 11.6 Å². The second kappa shape index (κ2) is 6.95. The fourth-order valence-electron chi connectivity index (χ4n) is 2.23. The van der Waals surface area contributed by atoms with E-state index in [2.05, 4.69) is 21.2 Å². The third kappa shape index (κ3) is 3.64. The summed E-state index contributed by atoms with van der Waals surface area (Å²) in [4.78, 5) is 0. The summed E-state index contributed by atoms with van der Waals surface area (Å²) >= 11 is 3.29. The minimum Gasteiger partial charge on any atom is -0.310 e. The van der Waals surface area contributed by atoms with Crippen molar-refractivity contribution in [1.82, 2.24) is 5.32 Å². The van der Waals surface area contributed by atoms with Gasteiger partial charge in [-0.25, -0.2) is 8.78 Å². The van der Waals surface area contributed by atoms with E-state index in [4.69, 9.17) is 0 Å². The zero-order valence-corrected chi connectivity index (χ0v) is 12.8. The fourth-order valence-corrected chi connectivity index (χ4v) is 2.77. The van der Waals surface area contributed by atoms with E-state index >= 15 is 0 Å². The first-order valence-electron chi connectivity index (χ1n) is 6.53. The predicted molar refractivity (Wildman–Crippen MR) is 80.6 cm³/mol. The molecule has 2 aromatic rings. The molecular formula is C16H16BrF2N. The van der Waals surface area contributed by atoms with E-state index in [9.17, 15) is 8.78 Å². The van der Waals surface area contributed by atoms with Gasteiger partial charge in [0.25, 0.3) is 0 Å². The lowest BCUT2D eigenvalue weighted by atomic mass is 9.98.